The van der Waals surface area contributed by atoms with Crippen LogP contribution in [0.2, 0.25) is 0 Å². The summed E-state index contributed by atoms with van der Waals surface area (Å²) >= 11 is 0. The van der Waals surface area contributed by atoms with Crippen molar-refractivity contribution in [3.63, 3.8) is 0 Å². The standard InChI is InChI=1S/C11H17NO2/c12-9-3-1-5-11(13,7-9)8-10-4-2-6-14-10/h2,4,6,9,13H,1,3,5,7-8,12H2. The Balaban J connectivity index is 2.01. The van der Waals surface area contributed by atoms with E-state index in [9.17, 15) is 5.11 Å². The zero-order valence-corrected chi connectivity index (χ0v) is 8.28. The number of furan rings is 1. The number of rotatable bonds is 2. The molecule has 1 fully saturated rings. The molecule has 1 saturated carbocycles. The molecule has 0 spiro atoms. The van der Waals surface area contributed by atoms with E-state index in [0.29, 0.717) is 12.8 Å². The topological polar surface area (TPSA) is 59.4 Å². The van der Waals surface area contributed by atoms with E-state index in [1.807, 2.05) is 12.1 Å². The van der Waals surface area contributed by atoms with Crippen molar-refractivity contribution in [2.45, 2.75) is 43.7 Å². The second kappa shape index (κ2) is 3.75. The Morgan fingerprint density at radius 1 is 1.64 bits per heavy atom. The van der Waals surface area contributed by atoms with Crippen molar-refractivity contribution >= 4 is 0 Å². The summed E-state index contributed by atoms with van der Waals surface area (Å²) < 4.78 is 5.24. The summed E-state index contributed by atoms with van der Waals surface area (Å²) in [6, 6.07) is 3.89. The van der Waals surface area contributed by atoms with Crippen molar-refractivity contribution in [2.75, 3.05) is 0 Å². The number of aliphatic hydroxyl groups is 1. The minimum Gasteiger partial charge on any atom is -0.469 e. The van der Waals surface area contributed by atoms with Gasteiger partial charge in [-0.15, -0.1) is 0 Å². The average Bonchev–Trinajstić information content (AvgIpc) is 2.55. The summed E-state index contributed by atoms with van der Waals surface area (Å²) in [5.74, 6) is 0.849. The third-order valence-electron chi connectivity index (χ3n) is 2.94. The highest BCUT2D eigenvalue weighted by molar-refractivity contribution is 5.04. The predicted octanol–water partition coefficient (Wildman–Crippen LogP) is 1.45. The molecule has 0 bridgehead atoms. The first-order valence-corrected chi connectivity index (χ1v) is 5.18. The smallest absolute Gasteiger partial charge is 0.106 e. The Morgan fingerprint density at radius 2 is 2.50 bits per heavy atom. The molecule has 1 aromatic rings. The van der Waals surface area contributed by atoms with Gasteiger partial charge >= 0.3 is 0 Å². The van der Waals surface area contributed by atoms with Gasteiger partial charge in [-0.2, -0.15) is 0 Å². The lowest BCUT2D eigenvalue weighted by Crippen LogP contribution is -2.42. The van der Waals surface area contributed by atoms with E-state index in [1.165, 1.54) is 0 Å². The highest BCUT2D eigenvalue weighted by atomic mass is 16.3. The van der Waals surface area contributed by atoms with Gasteiger partial charge in [0.15, 0.2) is 0 Å². The molecule has 0 aromatic carbocycles. The van der Waals surface area contributed by atoms with E-state index in [1.54, 1.807) is 6.26 Å². The lowest BCUT2D eigenvalue weighted by atomic mass is 9.79. The molecular formula is C11H17NO2. The molecule has 1 heterocycles. The van der Waals surface area contributed by atoms with Gasteiger partial charge in [0.1, 0.15) is 5.76 Å². The molecule has 1 aliphatic carbocycles. The van der Waals surface area contributed by atoms with E-state index in [0.717, 1.165) is 25.0 Å². The van der Waals surface area contributed by atoms with Crippen LogP contribution in [0.15, 0.2) is 22.8 Å². The second-order valence-electron chi connectivity index (χ2n) is 4.34. The molecule has 3 nitrogen and oxygen atoms in total. The van der Waals surface area contributed by atoms with E-state index >= 15 is 0 Å². The van der Waals surface area contributed by atoms with Gasteiger partial charge in [-0.3, -0.25) is 0 Å². The van der Waals surface area contributed by atoms with Crippen LogP contribution in [0.25, 0.3) is 0 Å². The van der Waals surface area contributed by atoms with Crippen molar-refractivity contribution in [3.8, 4) is 0 Å². The summed E-state index contributed by atoms with van der Waals surface area (Å²) in [6.07, 6.45) is 5.79. The SMILES string of the molecule is NC1CCCC(O)(Cc2ccco2)C1. The Morgan fingerprint density at radius 3 is 3.14 bits per heavy atom. The summed E-state index contributed by atoms with van der Waals surface area (Å²) in [7, 11) is 0. The molecule has 1 aliphatic rings. The molecule has 0 saturated heterocycles. The molecule has 0 radical (unpaired) electrons. The number of hydrogen-bond donors (Lipinski definition) is 2. The number of hydrogen-bond acceptors (Lipinski definition) is 3. The molecule has 78 valence electrons. The molecule has 3 N–H and O–H groups in total. The molecule has 0 aliphatic heterocycles. The first-order valence-electron chi connectivity index (χ1n) is 5.18. The molecule has 14 heavy (non-hydrogen) atoms. The Bertz CT molecular complexity index is 283. The minimum atomic E-state index is -0.643. The maximum absolute atomic E-state index is 10.3. The van der Waals surface area contributed by atoms with Gasteiger partial charge in [0.25, 0.3) is 0 Å². The maximum Gasteiger partial charge on any atom is 0.106 e. The van der Waals surface area contributed by atoms with Crippen molar-refractivity contribution < 1.29 is 9.52 Å². The van der Waals surface area contributed by atoms with Crippen LogP contribution in [0.5, 0.6) is 0 Å². The van der Waals surface area contributed by atoms with Gasteiger partial charge in [-0.25, -0.2) is 0 Å². The van der Waals surface area contributed by atoms with Gasteiger partial charge in [-0.05, 0) is 37.8 Å². The minimum absolute atomic E-state index is 0.142. The monoisotopic (exact) mass is 195 g/mol. The fourth-order valence-electron chi connectivity index (χ4n) is 2.28. The van der Waals surface area contributed by atoms with E-state index in [2.05, 4.69) is 0 Å². The van der Waals surface area contributed by atoms with Gasteiger partial charge in [0.2, 0.25) is 0 Å². The van der Waals surface area contributed by atoms with E-state index in [-0.39, 0.29) is 6.04 Å². The largest absolute Gasteiger partial charge is 0.469 e. The fraction of sp³-hybridized carbons (Fsp3) is 0.636. The van der Waals surface area contributed by atoms with Gasteiger partial charge in [0, 0.05) is 12.5 Å². The molecule has 2 unspecified atom stereocenters. The third-order valence-corrected chi connectivity index (χ3v) is 2.94. The highest BCUT2D eigenvalue weighted by Crippen LogP contribution is 2.30. The zero-order chi connectivity index (χ0) is 10.0. The maximum atomic E-state index is 10.3. The van der Waals surface area contributed by atoms with Crippen LogP contribution in [-0.2, 0) is 6.42 Å². The Labute approximate surface area is 83.9 Å². The van der Waals surface area contributed by atoms with Crippen LogP contribution >= 0.6 is 0 Å². The molecule has 2 rings (SSSR count). The van der Waals surface area contributed by atoms with Gasteiger partial charge in [-0.1, -0.05) is 0 Å². The van der Waals surface area contributed by atoms with Crippen LogP contribution in [0.4, 0.5) is 0 Å². The zero-order valence-electron chi connectivity index (χ0n) is 8.28. The lowest BCUT2D eigenvalue weighted by Gasteiger charge is -2.34. The molecule has 3 heteroatoms. The lowest BCUT2D eigenvalue weighted by molar-refractivity contribution is -0.00586. The molecule has 2 atom stereocenters. The van der Waals surface area contributed by atoms with Crippen LogP contribution in [0.1, 0.15) is 31.4 Å². The van der Waals surface area contributed by atoms with Gasteiger partial charge in [0.05, 0.1) is 11.9 Å². The first kappa shape index (κ1) is 9.74. The van der Waals surface area contributed by atoms with Gasteiger partial charge < -0.3 is 15.3 Å². The Hall–Kier alpha value is -0.800. The summed E-state index contributed by atoms with van der Waals surface area (Å²) in [4.78, 5) is 0. The van der Waals surface area contributed by atoms with Crippen LogP contribution in [0, 0.1) is 0 Å². The molecule has 1 aromatic heterocycles. The van der Waals surface area contributed by atoms with Crippen LogP contribution in [0.3, 0.4) is 0 Å². The second-order valence-corrected chi connectivity index (χ2v) is 4.34. The Kier molecular flexibility index (Phi) is 2.61. The average molecular weight is 195 g/mol. The molecular weight excluding hydrogens is 178 g/mol. The van der Waals surface area contributed by atoms with Crippen molar-refractivity contribution in [3.05, 3.63) is 24.2 Å². The third kappa shape index (κ3) is 2.16. The first-order chi connectivity index (χ1) is 6.68. The van der Waals surface area contributed by atoms with Crippen LogP contribution < -0.4 is 5.73 Å². The van der Waals surface area contributed by atoms with Crippen molar-refractivity contribution in [2.24, 2.45) is 5.73 Å². The van der Waals surface area contributed by atoms with Crippen molar-refractivity contribution in [1.29, 1.82) is 0 Å². The van der Waals surface area contributed by atoms with Crippen molar-refractivity contribution in [1.82, 2.24) is 0 Å². The summed E-state index contributed by atoms with van der Waals surface area (Å²) in [6.45, 7) is 0. The highest BCUT2D eigenvalue weighted by Gasteiger charge is 2.33. The van der Waals surface area contributed by atoms with E-state index < -0.39 is 5.60 Å². The summed E-state index contributed by atoms with van der Waals surface area (Å²) in [5, 5.41) is 10.3. The van der Waals surface area contributed by atoms with Crippen LogP contribution in [-0.4, -0.2) is 16.7 Å². The predicted molar refractivity (Wildman–Crippen MR) is 53.8 cm³/mol. The fourth-order valence-corrected chi connectivity index (χ4v) is 2.28. The normalized spacial score (nSPS) is 33.1. The van der Waals surface area contributed by atoms with E-state index in [4.69, 9.17) is 10.2 Å². The number of nitrogens with two attached hydrogens (primary N) is 1. The summed E-state index contributed by atoms with van der Waals surface area (Å²) in [5.41, 5.74) is 5.21. The molecule has 0 amide bonds. The quantitative estimate of drug-likeness (QED) is 0.751.